The van der Waals surface area contributed by atoms with Crippen molar-refractivity contribution in [3.63, 3.8) is 0 Å². The van der Waals surface area contributed by atoms with E-state index in [2.05, 4.69) is 9.72 Å². The SMILES string of the molecule is CCOC(=O)[C@H](OC[C@H]1C[C@@H](n2cnc3cccc(Cl)c3c2=O)[C@H](O)[C@@H]1I)P(=O)(O)O. The van der Waals surface area contributed by atoms with Crippen LogP contribution in [-0.4, -0.2) is 59.5 Å². The van der Waals surface area contributed by atoms with Crippen LogP contribution >= 0.6 is 41.8 Å². The summed E-state index contributed by atoms with van der Waals surface area (Å²) in [6, 6.07) is 4.28. The highest BCUT2D eigenvalue weighted by atomic mass is 127. The number of aromatic nitrogens is 2. The molecule has 2 aromatic rings. The maximum Gasteiger partial charge on any atom is 0.365 e. The number of benzene rings is 1. The molecule has 10 nitrogen and oxygen atoms in total. The van der Waals surface area contributed by atoms with Gasteiger partial charge in [0.05, 0.1) is 47.6 Å². The second-order valence-corrected chi connectivity index (χ2v) is 10.6. The molecule has 0 amide bonds. The average Bonchev–Trinajstić information content (AvgIpc) is 2.96. The number of hydrogen-bond donors (Lipinski definition) is 3. The lowest BCUT2D eigenvalue weighted by molar-refractivity contribution is -0.152. The summed E-state index contributed by atoms with van der Waals surface area (Å²) in [5.41, 5.74) is 0.0375. The zero-order valence-electron chi connectivity index (χ0n) is 16.3. The molecule has 1 aliphatic rings. The van der Waals surface area contributed by atoms with Gasteiger partial charge in [0.25, 0.3) is 11.4 Å². The van der Waals surface area contributed by atoms with Crippen LogP contribution < -0.4 is 5.56 Å². The lowest BCUT2D eigenvalue weighted by Crippen LogP contribution is -2.32. The minimum absolute atomic E-state index is 0.0573. The Labute approximate surface area is 195 Å². The summed E-state index contributed by atoms with van der Waals surface area (Å²) in [4.78, 5) is 48.0. The van der Waals surface area contributed by atoms with Gasteiger partial charge in [0.2, 0.25) is 0 Å². The number of carbonyl (C=O) groups excluding carboxylic acids is 1. The third kappa shape index (κ3) is 5.13. The van der Waals surface area contributed by atoms with Crippen molar-refractivity contribution in [2.24, 2.45) is 5.92 Å². The van der Waals surface area contributed by atoms with Crippen molar-refractivity contribution in [3.8, 4) is 0 Å². The van der Waals surface area contributed by atoms with Gasteiger partial charge >= 0.3 is 13.6 Å². The van der Waals surface area contributed by atoms with Crippen LogP contribution in [0.5, 0.6) is 0 Å². The van der Waals surface area contributed by atoms with Crippen LogP contribution in [0.2, 0.25) is 5.02 Å². The molecule has 3 N–H and O–H groups in total. The molecule has 0 saturated heterocycles. The molecule has 1 aromatic carbocycles. The summed E-state index contributed by atoms with van der Waals surface area (Å²) in [6.07, 6.45) is 0.659. The van der Waals surface area contributed by atoms with E-state index in [0.717, 1.165) is 0 Å². The zero-order chi connectivity index (χ0) is 22.9. The Balaban J connectivity index is 1.82. The molecule has 0 aliphatic heterocycles. The molecular formula is C18H21ClIN2O8P. The van der Waals surface area contributed by atoms with Crippen LogP contribution in [0.4, 0.5) is 0 Å². The van der Waals surface area contributed by atoms with Gasteiger partial charge in [-0.15, -0.1) is 0 Å². The quantitative estimate of drug-likeness (QED) is 0.191. The minimum Gasteiger partial charge on any atom is -0.464 e. The summed E-state index contributed by atoms with van der Waals surface area (Å²) in [5.74, 6) is -3.59. The molecule has 1 saturated carbocycles. The molecule has 0 unspecified atom stereocenters. The molecule has 1 aliphatic carbocycles. The van der Waals surface area contributed by atoms with E-state index < -0.39 is 47.0 Å². The molecule has 0 spiro atoms. The number of ether oxygens (including phenoxy) is 2. The van der Waals surface area contributed by atoms with E-state index in [9.17, 15) is 29.0 Å². The first-order chi connectivity index (χ1) is 14.6. The summed E-state index contributed by atoms with van der Waals surface area (Å²) >= 11 is 8.16. The number of alkyl halides is 1. The fourth-order valence-corrected chi connectivity index (χ4v) is 5.47. The van der Waals surface area contributed by atoms with Gasteiger partial charge in [-0.2, -0.15) is 0 Å². The van der Waals surface area contributed by atoms with Crippen LogP contribution in [0.1, 0.15) is 19.4 Å². The molecule has 3 rings (SSSR count). The number of esters is 1. The van der Waals surface area contributed by atoms with Crippen molar-refractivity contribution in [3.05, 3.63) is 39.9 Å². The Morgan fingerprint density at radius 1 is 1.45 bits per heavy atom. The summed E-state index contributed by atoms with van der Waals surface area (Å²) < 4.78 is 22.5. The molecule has 0 bridgehead atoms. The number of hydrogen-bond acceptors (Lipinski definition) is 7. The van der Waals surface area contributed by atoms with Crippen molar-refractivity contribution < 1.29 is 33.7 Å². The lowest BCUT2D eigenvalue weighted by atomic mass is 10.1. The van der Waals surface area contributed by atoms with E-state index in [4.69, 9.17) is 16.3 Å². The standard InChI is InChI=1S/C18H21ClIN2O8P/c1-2-29-17(25)18(31(26,27)28)30-7-9-6-12(15(23)14(9)20)22-8-21-11-5-3-4-10(19)13(11)16(22)24/h3-5,8-9,12,14-15,18,23H,2,6-7H2,1H3,(H2,26,27,28)/t9-,12-,14-,15+,18-/m1/s1. The molecule has 5 atom stereocenters. The van der Waals surface area contributed by atoms with Gasteiger partial charge in [0, 0.05) is 3.92 Å². The highest BCUT2D eigenvalue weighted by Gasteiger charge is 2.45. The van der Waals surface area contributed by atoms with Gasteiger partial charge in [-0.05, 0) is 31.4 Å². The van der Waals surface area contributed by atoms with Crippen LogP contribution in [0.3, 0.4) is 0 Å². The van der Waals surface area contributed by atoms with Crippen LogP contribution in [0.15, 0.2) is 29.3 Å². The van der Waals surface area contributed by atoms with Gasteiger partial charge in [-0.3, -0.25) is 13.9 Å². The molecule has 13 heteroatoms. The third-order valence-corrected chi connectivity index (χ3v) is 8.14. The first-order valence-corrected chi connectivity index (χ1v) is 12.7. The summed E-state index contributed by atoms with van der Waals surface area (Å²) in [6.45, 7) is 1.24. The second-order valence-electron chi connectivity index (χ2n) is 7.12. The molecule has 170 valence electrons. The van der Waals surface area contributed by atoms with Crippen molar-refractivity contribution in [2.75, 3.05) is 13.2 Å². The van der Waals surface area contributed by atoms with E-state index in [1.807, 2.05) is 22.6 Å². The Morgan fingerprint density at radius 2 is 2.16 bits per heavy atom. The zero-order valence-corrected chi connectivity index (χ0v) is 20.1. The first-order valence-electron chi connectivity index (χ1n) is 9.37. The first kappa shape index (κ1) is 24.6. The fraction of sp³-hybridized carbons (Fsp3) is 0.500. The number of fused-ring (bicyclic) bond motifs is 1. The molecule has 1 heterocycles. The lowest BCUT2D eigenvalue weighted by Gasteiger charge is -2.21. The molecule has 31 heavy (non-hydrogen) atoms. The average molecular weight is 587 g/mol. The smallest absolute Gasteiger partial charge is 0.365 e. The van der Waals surface area contributed by atoms with Crippen LogP contribution in [0, 0.1) is 5.92 Å². The number of halogens is 2. The van der Waals surface area contributed by atoms with E-state index in [1.54, 1.807) is 18.2 Å². The van der Waals surface area contributed by atoms with E-state index in [-0.39, 0.29) is 30.0 Å². The van der Waals surface area contributed by atoms with Gasteiger partial charge in [0.1, 0.15) is 0 Å². The van der Waals surface area contributed by atoms with E-state index in [1.165, 1.54) is 17.8 Å². The monoisotopic (exact) mass is 586 g/mol. The van der Waals surface area contributed by atoms with Gasteiger partial charge < -0.3 is 24.4 Å². The fourth-order valence-electron chi connectivity index (χ4n) is 3.61. The molecule has 1 fully saturated rings. The number of rotatable bonds is 7. The Morgan fingerprint density at radius 3 is 2.81 bits per heavy atom. The van der Waals surface area contributed by atoms with Crippen LogP contribution in [-0.2, 0) is 18.8 Å². The van der Waals surface area contributed by atoms with Crippen molar-refractivity contribution >= 4 is 58.7 Å². The molecule has 1 aromatic heterocycles. The predicted molar refractivity (Wildman–Crippen MR) is 120 cm³/mol. The van der Waals surface area contributed by atoms with Crippen molar-refractivity contribution in [2.45, 2.75) is 35.3 Å². The van der Waals surface area contributed by atoms with Gasteiger partial charge in [0.15, 0.2) is 0 Å². The Kier molecular flexibility index (Phi) is 7.78. The number of aliphatic hydroxyl groups excluding tert-OH is 1. The highest BCUT2D eigenvalue weighted by molar-refractivity contribution is 14.1. The highest BCUT2D eigenvalue weighted by Crippen LogP contribution is 2.45. The van der Waals surface area contributed by atoms with Gasteiger partial charge in [-0.25, -0.2) is 9.78 Å². The maximum absolute atomic E-state index is 13.0. The van der Waals surface area contributed by atoms with Crippen molar-refractivity contribution in [1.82, 2.24) is 9.55 Å². The maximum atomic E-state index is 13.0. The number of aliphatic hydroxyl groups is 1. The topological polar surface area (TPSA) is 148 Å². The van der Waals surface area contributed by atoms with E-state index in [0.29, 0.717) is 5.52 Å². The molecular weight excluding hydrogens is 566 g/mol. The summed E-state index contributed by atoms with van der Waals surface area (Å²) in [5, 5.41) is 11.2. The number of nitrogens with zero attached hydrogens (tertiary/aromatic N) is 2. The van der Waals surface area contributed by atoms with Crippen LogP contribution in [0.25, 0.3) is 10.9 Å². The van der Waals surface area contributed by atoms with Crippen molar-refractivity contribution in [1.29, 1.82) is 0 Å². The predicted octanol–water partition coefficient (Wildman–Crippen LogP) is 1.86. The normalized spacial score (nSPS) is 25.0. The number of carbonyl (C=O) groups is 1. The van der Waals surface area contributed by atoms with Gasteiger partial charge in [-0.1, -0.05) is 40.3 Å². The Bertz CT molecular complexity index is 1080. The molecule has 0 radical (unpaired) electrons. The largest absolute Gasteiger partial charge is 0.464 e. The minimum atomic E-state index is -4.91. The third-order valence-electron chi connectivity index (χ3n) is 5.10. The van der Waals surface area contributed by atoms with E-state index >= 15 is 0 Å². The Hall–Kier alpha value is -1.08. The summed E-state index contributed by atoms with van der Waals surface area (Å²) in [7, 11) is -4.91. The second kappa shape index (κ2) is 9.82.